The van der Waals surface area contributed by atoms with Gasteiger partial charge < -0.3 is 14.5 Å². The normalized spacial score (nSPS) is 22.8. The molecule has 2 saturated heterocycles. The number of ether oxygens (including phenoxy) is 1. The smallest absolute Gasteiger partial charge is 0.410 e. The fraction of sp³-hybridized carbons (Fsp3) is 0.619. The standard InChI is InChI=1S/C21H29ClN2O3/c1-20(2,3)27-19(26)23-11-9-21(10-12-23,16-7-5-4-6-8-16)15-24-14-17(22)13-18(24)25/h4-8,17H,9-15H2,1-3H3. The van der Waals surface area contributed by atoms with Crippen LogP contribution in [0.25, 0.3) is 0 Å². The van der Waals surface area contributed by atoms with Gasteiger partial charge in [0.15, 0.2) is 0 Å². The first-order valence-electron chi connectivity index (χ1n) is 9.64. The van der Waals surface area contributed by atoms with Crippen molar-refractivity contribution in [3.05, 3.63) is 35.9 Å². The van der Waals surface area contributed by atoms with Crippen molar-refractivity contribution in [3.8, 4) is 0 Å². The molecule has 1 atom stereocenters. The van der Waals surface area contributed by atoms with Crippen LogP contribution in [-0.2, 0) is 14.9 Å². The van der Waals surface area contributed by atoms with E-state index in [1.54, 1.807) is 4.90 Å². The molecular weight excluding hydrogens is 364 g/mol. The van der Waals surface area contributed by atoms with Gasteiger partial charge in [0.1, 0.15) is 5.60 Å². The second kappa shape index (κ2) is 7.70. The quantitative estimate of drug-likeness (QED) is 0.735. The van der Waals surface area contributed by atoms with Gasteiger partial charge in [-0.05, 0) is 39.2 Å². The molecule has 0 N–H and O–H groups in total. The van der Waals surface area contributed by atoms with Gasteiger partial charge in [-0.2, -0.15) is 0 Å². The lowest BCUT2D eigenvalue weighted by atomic mass is 9.72. The first kappa shape index (κ1) is 20.0. The molecule has 5 nitrogen and oxygen atoms in total. The van der Waals surface area contributed by atoms with Crippen LogP contribution in [0.5, 0.6) is 0 Å². The number of piperidine rings is 1. The molecule has 6 heteroatoms. The third kappa shape index (κ3) is 4.75. The first-order valence-corrected chi connectivity index (χ1v) is 10.1. The summed E-state index contributed by atoms with van der Waals surface area (Å²) in [5.41, 5.74) is 0.568. The number of rotatable bonds is 3. The molecule has 0 radical (unpaired) electrons. The monoisotopic (exact) mass is 392 g/mol. The summed E-state index contributed by atoms with van der Waals surface area (Å²) < 4.78 is 5.52. The van der Waals surface area contributed by atoms with E-state index in [2.05, 4.69) is 12.1 Å². The summed E-state index contributed by atoms with van der Waals surface area (Å²) in [7, 11) is 0. The molecule has 1 aromatic carbocycles. The Bertz CT molecular complexity index is 678. The van der Waals surface area contributed by atoms with E-state index >= 15 is 0 Å². The third-order valence-electron chi connectivity index (χ3n) is 5.42. The van der Waals surface area contributed by atoms with Gasteiger partial charge in [0.25, 0.3) is 0 Å². The number of hydrogen-bond donors (Lipinski definition) is 0. The minimum Gasteiger partial charge on any atom is -0.444 e. The van der Waals surface area contributed by atoms with Crippen LogP contribution in [0.15, 0.2) is 30.3 Å². The van der Waals surface area contributed by atoms with Crippen molar-refractivity contribution >= 4 is 23.6 Å². The minimum atomic E-state index is -0.498. The summed E-state index contributed by atoms with van der Waals surface area (Å²) in [5, 5.41) is -0.104. The number of carbonyl (C=O) groups is 2. The van der Waals surface area contributed by atoms with Crippen LogP contribution >= 0.6 is 11.6 Å². The van der Waals surface area contributed by atoms with E-state index in [-0.39, 0.29) is 22.8 Å². The Morgan fingerprint density at radius 1 is 1.22 bits per heavy atom. The fourth-order valence-corrected chi connectivity index (χ4v) is 4.31. The van der Waals surface area contributed by atoms with Gasteiger partial charge in [0, 0.05) is 38.0 Å². The topological polar surface area (TPSA) is 49.9 Å². The van der Waals surface area contributed by atoms with Crippen molar-refractivity contribution in [2.75, 3.05) is 26.2 Å². The number of hydrogen-bond acceptors (Lipinski definition) is 3. The lowest BCUT2D eigenvalue weighted by molar-refractivity contribution is -0.128. The largest absolute Gasteiger partial charge is 0.444 e. The molecule has 2 fully saturated rings. The molecule has 2 aliphatic heterocycles. The van der Waals surface area contributed by atoms with E-state index in [0.717, 1.165) is 12.8 Å². The molecule has 0 bridgehead atoms. The maximum atomic E-state index is 12.4. The molecule has 27 heavy (non-hydrogen) atoms. The maximum absolute atomic E-state index is 12.4. The number of amides is 2. The van der Waals surface area contributed by atoms with Crippen molar-refractivity contribution in [1.29, 1.82) is 0 Å². The average molecular weight is 393 g/mol. The highest BCUT2D eigenvalue weighted by atomic mass is 35.5. The Morgan fingerprint density at radius 3 is 2.37 bits per heavy atom. The summed E-state index contributed by atoms with van der Waals surface area (Å²) in [6.45, 7) is 8.14. The van der Waals surface area contributed by atoms with Crippen LogP contribution in [0.1, 0.15) is 45.6 Å². The van der Waals surface area contributed by atoms with E-state index in [1.807, 2.05) is 43.9 Å². The molecule has 0 saturated carbocycles. The van der Waals surface area contributed by atoms with Gasteiger partial charge in [0.2, 0.25) is 5.91 Å². The highest BCUT2D eigenvalue weighted by Gasteiger charge is 2.42. The molecule has 2 amide bonds. The molecular formula is C21H29ClN2O3. The Kier molecular flexibility index (Phi) is 5.71. The summed E-state index contributed by atoms with van der Waals surface area (Å²) in [6, 6.07) is 10.3. The molecule has 3 rings (SSSR count). The molecule has 2 aliphatic rings. The van der Waals surface area contributed by atoms with E-state index in [4.69, 9.17) is 16.3 Å². The van der Waals surface area contributed by atoms with Crippen molar-refractivity contribution < 1.29 is 14.3 Å². The Labute approximate surface area is 166 Å². The number of halogens is 1. The van der Waals surface area contributed by atoms with Crippen molar-refractivity contribution in [2.45, 2.75) is 56.4 Å². The van der Waals surface area contributed by atoms with Crippen molar-refractivity contribution in [2.24, 2.45) is 0 Å². The molecule has 1 unspecified atom stereocenters. The minimum absolute atomic E-state index is 0.104. The van der Waals surface area contributed by atoms with Crippen LogP contribution in [0.3, 0.4) is 0 Å². The van der Waals surface area contributed by atoms with Crippen LogP contribution in [-0.4, -0.2) is 59.0 Å². The van der Waals surface area contributed by atoms with Gasteiger partial charge in [0.05, 0.1) is 5.38 Å². The average Bonchev–Trinajstić information content (AvgIpc) is 2.92. The highest BCUT2D eigenvalue weighted by molar-refractivity contribution is 6.22. The molecule has 2 heterocycles. The summed E-state index contributed by atoms with van der Waals surface area (Å²) in [6.07, 6.45) is 1.75. The summed E-state index contributed by atoms with van der Waals surface area (Å²) in [5.74, 6) is 0.125. The second-order valence-corrected chi connectivity index (χ2v) is 9.31. The predicted molar refractivity (Wildman–Crippen MR) is 106 cm³/mol. The van der Waals surface area contributed by atoms with E-state index in [1.165, 1.54) is 5.56 Å². The second-order valence-electron chi connectivity index (χ2n) is 8.69. The SMILES string of the molecule is CC(C)(C)OC(=O)N1CCC(CN2CC(Cl)CC2=O)(c2ccccc2)CC1. The molecule has 1 aromatic rings. The summed E-state index contributed by atoms with van der Waals surface area (Å²) >= 11 is 6.21. The Balaban J connectivity index is 1.76. The lowest BCUT2D eigenvalue weighted by Crippen LogP contribution is -2.51. The van der Waals surface area contributed by atoms with Gasteiger partial charge in [-0.1, -0.05) is 30.3 Å². The fourth-order valence-electron chi connectivity index (χ4n) is 4.02. The Morgan fingerprint density at radius 2 is 1.85 bits per heavy atom. The third-order valence-corrected chi connectivity index (χ3v) is 5.71. The van der Waals surface area contributed by atoms with Crippen LogP contribution in [0.2, 0.25) is 0 Å². The lowest BCUT2D eigenvalue weighted by Gasteiger charge is -2.44. The van der Waals surface area contributed by atoms with Gasteiger partial charge in [-0.25, -0.2) is 4.79 Å². The Hall–Kier alpha value is -1.75. The van der Waals surface area contributed by atoms with E-state index < -0.39 is 5.60 Å². The summed E-state index contributed by atoms with van der Waals surface area (Å²) in [4.78, 5) is 28.4. The van der Waals surface area contributed by atoms with Crippen LogP contribution in [0.4, 0.5) is 4.79 Å². The number of nitrogens with zero attached hydrogens (tertiary/aromatic N) is 2. The zero-order valence-corrected chi connectivity index (χ0v) is 17.2. The van der Waals surface area contributed by atoms with Crippen molar-refractivity contribution in [1.82, 2.24) is 9.80 Å². The molecule has 0 aromatic heterocycles. The van der Waals surface area contributed by atoms with Gasteiger partial charge >= 0.3 is 6.09 Å². The zero-order valence-electron chi connectivity index (χ0n) is 16.4. The zero-order chi connectivity index (χ0) is 19.7. The van der Waals surface area contributed by atoms with Crippen molar-refractivity contribution in [3.63, 3.8) is 0 Å². The number of alkyl halides is 1. The molecule has 0 spiro atoms. The molecule has 0 aliphatic carbocycles. The van der Waals surface area contributed by atoms with Gasteiger partial charge in [-0.15, -0.1) is 11.6 Å². The number of benzene rings is 1. The van der Waals surface area contributed by atoms with Crippen LogP contribution in [0, 0.1) is 0 Å². The predicted octanol–water partition coefficient (Wildman–Crippen LogP) is 3.80. The van der Waals surface area contributed by atoms with Gasteiger partial charge in [-0.3, -0.25) is 4.79 Å². The van der Waals surface area contributed by atoms with E-state index in [0.29, 0.717) is 32.6 Å². The maximum Gasteiger partial charge on any atom is 0.410 e. The number of likely N-dealkylation sites (tertiary alicyclic amines) is 2. The van der Waals surface area contributed by atoms with E-state index in [9.17, 15) is 9.59 Å². The first-order chi connectivity index (χ1) is 12.7. The van der Waals surface area contributed by atoms with Crippen LogP contribution < -0.4 is 0 Å². The highest BCUT2D eigenvalue weighted by Crippen LogP contribution is 2.38. The number of carbonyl (C=O) groups excluding carboxylic acids is 2. The molecule has 148 valence electrons.